The van der Waals surface area contributed by atoms with Crippen LogP contribution in [0.15, 0.2) is 224 Å². The molecule has 2 heterocycles. The normalized spacial score (nSPS) is 11.3. The van der Waals surface area contributed by atoms with E-state index in [1.54, 1.807) is 43.3 Å². The van der Waals surface area contributed by atoms with Gasteiger partial charge < -0.3 is 9.13 Å². The number of rotatable bonds is 8. The minimum Gasteiger partial charge on any atom is -0.309 e. The summed E-state index contributed by atoms with van der Waals surface area (Å²) in [7, 11) is 0. The molecule has 0 aliphatic rings. The molecule has 0 spiro atoms. The van der Waals surface area contributed by atoms with E-state index in [0.717, 1.165) is 94.2 Å². The summed E-state index contributed by atoms with van der Waals surface area (Å²) >= 11 is 0. The molecule has 0 amide bonds. The van der Waals surface area contributed by atoms with Crippen molar-refractivity contribution in [3.63, 3.8) is 0 Å². The van der Waals surface area contributed by atoms with Gasteiger partial charge in [0.2, 0.25) is 0 Å². The fourth-order valence-electron chi connectivity index (χ4n) is 11.8. The van der Waals surface area contributed by atoms with Crippen LogP contribution in [-0.2, 0) is 6.18 Å². The zero-order valence-electron chi connectivity index (χ0n) is 44.1. The number of aryl methyl sites for hydroxylation is 1. The minimum absolute atomic E-state index is 0.354. The second-order valence-electron chi connectivity index (χ2n) is 20.3. The Morgan fingerprint density at radius 1 is 0.373 bits per heavy atom. The maximum Gasteiger partial charge on any atom is 0.416 e. The zero-order valence-corrected chi connectivity index (χ0v) is 44.1. The van der Waals surface area contributed by atoms with E-state index in [2.05, 4.69) is 60.1 Å². The van der Waals surface area contributed by atoms with Crippen LogP contribution in [-0.4, -0.2) is 9.13 Å². The van der Waals surface area contributed by atoms with Crippen LogP contribution in [0.4, 0.5) is 30.2 Å². The van der Waals surface area contributed by atoms with Gasteiger partial charge in [-0.3, -0.25) is 0 Å². The molecule has 0 radical (unpaired) electrons. The van der Waals surface area contributed by atoms with Gasteiger partial charge in [0.05, 0.1) is 82.0 Å². The Morgan fingerprint density at radius 2 is 0.807 bits per heavy atom. The van der Waals surface area contributed by atoms with Gasteiger partial charge in [-0.2, -0.15) is 23.7 Å². The predicted octanol–water partition coefficient (Wildman–Crippen LogP) is 20.6. The summed E-state index contributed by atoms with van der Waals surface area (Å²) in [4.78, 5) is 11.7. The van der Waals surface area contributed by atoms with E-state index in [1.165, 1.54) is 6.07 Å². The summed E-state index contributed by atoms with van der Waals surface area (Å²) in [6.45, 7) is 26.2. The molecule has 11 aromatic carbocycles. The van der Waals surface area contributed by atoms with Crippen molar-refractivity contribution in [3.05, 3.63) is 281 Å². The monoisotopic (exact) mass is 1070 g/mol. The summed E-state index contributed by atoms with van der Waals surface area (Å²) in [5.74, 6) is 0. The lowest BCUT2D eigenvalue weighted by Crippen LogP contribution is -2.05. The zero-order chi connectivity index (χ0) is 57.1. The quantitative estimate of drug-likeness (QED) is 0.142. The predicted molar refractivity (Wildman–Crippen MR) is 326 cm³/mol. The van der Waals surface area contributed by atoms with Crippen molar-refractivity contribution in [3.8, 4) is 90.3 Å². The van der Waals surface area contributed by atoms with Crippen LogP contribution < -0.4 is 0 Å². The summed E-state index contributed by atoms with van der Waals surface area (Å²) in [5.41, 5.74) is 15.0. The number of para-hydroxylation sites is 2. The third-order valence-electron chi connectivity index (χ3n) is 15.5. The lowest BCUT2D eigenvalue weighted by Gasteiger charge is -2.21. The van der Waals surface area contributed by atoms with E-state index >= 15 is 0 Å². The van der Waals surface area contributed by atoms with E-state index in [0.29, 0.717) is 67.4 Å². The van der Waals surface area contributed by atoms with Gasteiger partial charge in [-0.05, 0) is 165 Å². The second kappa shape index (κ2) is 20.2. The van der Waals surface area contributed by atoms with Crippen molar-refractivity contribution in [1.29, 1.82) is 10.5 Å². The summed E-state index contributed by atoms with van der Waals surface area (Å²) in [6, 6.07) is 74.2. The van der Waals surface area contributed by atoms with Crippen LogP contribution in [0.5, 0.6) is 0 Å². The number of halogens is 3. The average molecular weight is 1070 g/mol. The van der Waals surface area contributed by atoms with E-state index in [9.17, 15) is 23.7 Å². The van der Waals surface area contributed by atoms with E-state index in [-0.39, 0.29) is 0 Å². The molecule has 0 fully saturated rings. The molecule has 388 valence electrons. The second-order valence-corrected chi connectivity index (χ2v) is 20.3. The minimum atomic E-state index is -4.61. The third-order valence-corrected chi connectivity index (χ3v) is 15.5. The molecule has 0 aliphatic heterocycles. The molecule has 0 aliphatic carbocycles. The van der Waals surface area contributed by atoms with Gasteiger partial charge in [-0.25, -0.2) is 14.5 Å². The molecule has 0 bridgehead atoms. The molecular formula is C73H40F3N7. The van der Waals surface area contributed by atoms with E-state index < -0.39 is 11.7 Å². The summed E-state index contributed by atoms with van der Waals surface area (Å²) in [5, 5.41) is 23.9. The number of nitrogens with zero attached hydrogens (tertiary/aromatic N) is 7. The van der Waals surface area contributed by atoms with Gasteiger partial charge >= 0.3 is 6.18 Å². The number of nitriles is 2. The smallest absolute Gasteiger partial charge is 0.309 e. The van der Waals surface area contributed by atoms with Crippen LogP contribution in [0.1, 0.15) is 22.3 Å². The maximum atomic E-state index is 14.7. The van der Waals surface area contributed by atoms with E-state index in [1.807, 2.05) is 152 Å². The Kier molecular flexibility index (Phi) is 12.3. The summed E-state index contributed by atoms with van der Waals surface area (Å²) < 4.78 is 48.3. The van der Waals surface area contributed by atoms with E-state index in [4.69, 9.17) is 19.7 Å². The fraction of sp³-hybridized carbons (Fsp3) is 0.0274. The molecule has 83 heavy (non-hydrogen) atoms. The van der Waals surface area contributed by atoms with Gasteiger partial charge in [0.1, 0.15) is 0 Å². The van der Waals surface area contributed by atoms with Crippen molar-refractivity contribution in [2.24, 2.45) is 0 Å². The molecule has 13 rings (SSSR count). The maximum absolute atomic E-state index is 14.7. The lowest BCUT2D eigenvalue weighted by atomic mass is 9.94. The molecular weight excluding hydrogens is 1030 g/mol. The average Bonchev–Trinajstić information content (AvgIpc) is 2.28. The molecule has 10 heteroatoms. The number of fused-ring (bicyclic) bond motifs is 6. The van der Waals surface area contributed by atoms with Crippen LogP contribution in [0, 0.1) is 49.3 Å². The highest BCUT2D eigenvalue weighted by Gasteiger charge is 2.31. The Morgan fingerprint density at radius 3 is 1.27 bits per heavy atom. The summed E-state index contributed by atoms with van der Waals surface area (Å²) in [6.07, 6.45) is -4.61. The third kappa shape index (κ3) is 8.68. The topological polar surface area (TPSA) is 70.5 Å². The molecule has 2 aromatic heterocycles. The number of hydrogen-bond acceptors (Lipinski definition) is 2. The number of aromatic nitrogens is 2. The van der Waals surface area contributed by atoms with Crippen LogP contribution in [0.3, 0.4) is 0 Å². The SMILES string of the molecule is [C-]#[N+]c1ccc(-n2c3ccc(-c4ccccc4C#N)cc3c3cc(-c4ccccc4[N+]#[C-])ccc32)c(-c2ccc(-c3cc(C)cc(C(F)(F)F)c3)cc2-n2c3ccc(-c4ccccc4C#N)cc3c3cc(-c4ccccc4[N+]#[C-])ccc32)c1. The highest BCUT2D eigenvalue weighted by molar-refractivity contribution is 6.14. The molecule has 0 N–H and O–H groups in total. The molecule has 7 nitrogen and oxygen atoms in total. The lowest BCUT2D eigenvalue weighted by molar-refractivity contribution is -0.137. The Labute approximate surface area is 475 Å². The number of benzene rings is 11. The highest BCUT2D eigenvalue weighted by Crippen LogP contribution is 2.47. The molecule has 0 unspecified atom stereocenters. The van der Waals surface area contributed by atoms with Crippen LogP contribution >= 0.6 is 0 Å². The Balaban J connectivity index is 1.14. The van der Waals surface area contributed by atoms with Crippen molar-refractivity contribution in [2.75, 3.05) is 0 Å². The number of hydrogen-bond donors (Lipinski definition) is 0. The Bertz CT molecular complexity index is 4890. The van der Waals surface area contributed by atoms with Gasteiger partial charge in [0, 0.05) is 27.1 Å². The number of alkyl halides is 3. The molecule has 0 saturated heterocycles. The van der Waals surface area contributed by atoms with Gasteiger partial charge in [-0.15, -0.1) is 0 Å². The van der Waals surface area contributed by atoms with Crippen molar-refractivity contribution >= 4 is 60.7 Å². The first-order chi connectivity index (χ1) is 40.5. The van der Waals surface area contributed by atoms with Gasteiger partial charge in [0.25, 0.3) is 0 Å². The molecule has 13 aromatic rings. The Hall–Kier alpha value is -11.7. The van der Waals surface area contributed by atoms with Crippen molar-refractivity contribution in [2.45, 2.75) is 13.1 Å². The first kappa shape index (κ1) is 50.7. The first-order valence-corrected chi connectivity index (χ1v) is 26.4. The van der Waals surface area contributed by atoms with Gasteiger partial charge in [-0.1, -0.05) is 133 Å². The highest BCUT2D eigenvalue weighted by atomic mass is 19.4. The first-order valence-electron chi connectivity index (χ1n) is 26.4. The van der Waals surface area contributed by atoms with Gasteiger partial charge in [0.15, 0.2) is 17.1 Å². The standard InChI is InChI=1S/C73H40F3N7/c1-44-33-52(35-53(34-44)73(74,75)76)45-21-27-59(72(40-45)83-69-29-23-47(56-16-8-6-14-51(56)43-78)37-61(69)63-39-49(25-31-70(63)83)58-18-10-12-20-66(58)81-4)64-41-54(79-2)26-32-71(64)82-67-28-22-46(55-15-7-5-13-50(55)42-77)36-60(67)62-38-48(24-30-68(62)82)57-17-9-11-19-65(57)80-3/h5-41H,1H3. The largest absolute Gasteiger partial charge is 0.416 e. The van der Waals surface area contributed by atoms with Crippen LogP contribution in [0.25, 0.3) is 136 Å². The molecule has 0 atom stereocenters. The fourth-order valence-corrected chi connectivity index (χ4v) is 11.8. The molecule has 0 saturated carbocycles. The van der Waals surface area contributed by atoms with Crippen molar-refractivity contribution in [1.82, 2.24) is 9.13 Å². The van der Waals surface area contributed by atoms with Crippen molar-refractivity contribution < 1.29 is 13.2 Å². The van der Waals surface area contributed by atoms with Crippen LogP contribution in [0.2, 0.25) is 0 Å².